The van der Waals surface area contributed by atoms with Crippen LogP contribution in [0.1, 0.15) is 74.5 Å². The highest BCUT2D eigenvalue weighted by molar-refractivity contribution is 6.22. The molecule has 5 rings (SSSR count). The van der Waals surface area contributed by atoms with Gasteiger partial charge >= 0.3 is 0 Å². The van der Waals surface area contributed by atoms with Crippen molar-refractivity contribution in [2.45, 2.75) is 76.2 Å². The lowest BCUT2D eigenvalue weighted by Crippen LogP contribution is -2.58. The van der Waals surface area contributed by atoms with Crippen LogP contribution in [0.25, 0.3) is 5.76 Å². The molecule has 2 fully saturated rings. The zero-order valence-corrected chi connectivity index (χ0v) is 22.6. The number of rotatable bonds is 6. The first-order valence-corrected chi connectivity index (χ1v) is 14.0. The van der Waals surface area contributed by atoms with Gasteiger partial charge in [-0.1, -0.05) is 38.5 Å². The highest BCUT2D eigenvalue weighted by Gasteiger charge is 2.60. The number of aromatic hydroxyl groups is 1. The van der Waals surface area contributed by atoms with Crippen molar-refractivity contribution in [1.82, 2.24) is 0 Å². The third-order valence-electron chi connectivity index (χ3n) is 9.38. The summed E-state index contributed by atoms with van der Waals surface area (Å²) in [6.07, 6.45) is 9.00. The minimum atomic E-state index is -2.55. The molecule has 0 aromatic heterocycles. The van der Waals surface area contributed by atoms with Crippen LogP contribution >= 0.6 is 0 Å². The Balaban J connectivity index is 1.56. The third-order valence-corrected chi connectivity index (χ3v) is 9.38. The van der Waals surface area contributed by atoms with Crippen molar-refractivity contribution >= 4 is 28.9 Å². The van der Waals surface area contributed by atoms with Crippen molar-refractivity contribution in [2.24, 2.45) is 23.5 Å². The van der Waals surface area contributed by atoms with E-state index in [1.165, 1.54) is 32.1 Å². The lowest BCUT2D eigenvalue weighted by molar-refractivity contribution is -0.147. The Bertz CT molecular complexity index is 1300. The van der Waals surface area contributed by atoms with Crippen molar-refractivity contribution in [3.8, 4) is 5.75 Å². The molecular weight excluding hydrogens is 500 g/mol. The number of aryl methyl sites for hydroxylation is 1. The molecule has 2 saturated carbocycles. The molecule has 0 heterocycles. The monoisotopic (exact) mass is 538 g/mol. The third kappa shape index (κ3) is 4.31. The second kappa shape index (κ2) is 10.0. The predicted molar refractivity (Wildman–Crippen MR) is 145 cm³/mol. The van der Waals surface area contributed by atoms with Gasteiger partial charge in [0.05, 0.1) is 5.56 Å². The van der Waals surface area contributed by atoms with E-state index in [-0.39, 0.29) is 29.7 Å². The summed E-state index contributed by atoms with van der Waals surface area (Å²) in [5.74, 6) is -5.30. The van der Waals surface area contributed by atoms with Gasteiger partial charge in [-0.05, 0) is 54.7 Å². The highest BCUT2D eigenvalue weighted by atomic mass is 16.3. The number of nitrogens with zero attached hydrogens (tertiary/aromatic N) is 1. The topological polar surface area (TPSA) is 161 Å². The molecule has 4 aliphatic carbocycles. The molecule has 39 heavy (non-hydrogen) atoms. The summed E-state index contributed by atoms with van der Waals surface area (Å²) in [5.41, 5.74) is 4.20. The number of amides is 1. The van der Waals surface area contributed by atoms with Crippen LogP contribution in [0.15, 0.2) is 23.0 Å². The molecule has 6 N–H and O–H groups in total. The van der Waals surface area contributed by atoms with Crippen molar-refractivity contribution in [3.05, 3.63) is 39.7 Å². The van der Waals surface area contributed by atoms with Crippen LogP contribution in [-0.4, -0.2) is 57.6 Å². The van der Waals surface area contributed by atoms with Crippen LogP contribution in [0, 0.1) is 17.8 Å². The van der Waals surface area contributed by atoms with E-state index in [1.54, 1.807) is 0 Å². The van der Waals surface area contributed by atoms with Gasteiger partial charge in [0.2, 0.25) is 5.78 Å². The summed E-state index contributed by atoms with van der Waals surface area (Å²) in [4.78, 5) is 40.1. The molecule has 9 nitrogen and oxygen atoms in total. The number of primary amides is 1. The number of hydrogen-bond acceptors (Lipinski definition) is 8. The van der Waals surface area contributed by atoms with E-state index in [2.05, 4.69) is 0 Å². The van der Waals surface area contributed by atoms with E-state index in [9.17, 15) is 34.8 Å². The number of Topliss-reactive ketones (excluding diaryl/α,β-unsaturated/α-hetero) is 2. The van der Waals surface area contributed by atoms with Gasteiger partial charge < -0.3 is 31.1 Å². The predicted octanol–water partition coefficient (Wildman–Crippen LogP) is 3.39. The summed E-state index contributed by atoms with van der Waals surface area (Å²) >= 11 is 0. The minimum Gasteiger partial charge on any atom is -0.508 e. The van der Waals surface area contributed by atoms with Crippen LogP contribution in [0.4, 0.5) is 5.69 Å². The highest BCUT2D eigenvalue weighted by Crippen LogP contribution is 2.53. The van der Waals surface area contributed by atoms with Crippen molar-refractivity contribution in [1.29, 1.82) is 0 Å². The first-order chi connectivity index (χ1) is 18.5. The maximum Gasteiger partial charge on any atom is 0.255 e. The SMILES string of the molecule is CN(C)c1cc(CCCC2CCCCC2)c(O)c2c1C[C@H]1C[C@H]3CC(=O)C(C(N)=O)=C(O)[C@@]3(O)C(=O)C1=C2O. The standard InChI is InChI=1S/C30H38N2O7/c1-32(2)20-13-16(10-6-9-15-7-4-3-5-8-15)25(34)23-19(20)12-17-11-18-14-21(33)24(29(31)38)28(37)30(18,39)27(36)22(17)26(23)35/h13,15,17-18,34-35,37,39H,3-12,14H2,1-2H3,(H2,31,38)/t17-,18+,30+/m1/s1. The number of anilines is 1. The number of fused-ring (bicyclic) bond motifs is 3. The summed E-state index contributed by atoms with van der Waals surface area (Å²) in [6.45, 7) is 0. The summed E-state index contributed by atoms with van der Waals surface area (Å²) in [6, 6.07) is 1.95. The van der Waals surface area contributed by atoms with Gasteiger partial charge in [-0.15, -0.1) is 0 Å². The smallest absolute Gasteiger partial charge is 0.255 e. The number of aliphatic hydroxyl groups excluding tert-OH is 2. The molecule has 0 aliphatic heterocycles. The van der Waals surface area contributed by atoms with Gasteiger partial charge in [0, 0.05) is 37.7 Å². The molecule has 1 aromatic rings. The van der Waals surface area contributed by atoms with E-state index in [0.29, 0.717) is 29.9 Å². The normalized spacial score (nSPS) is 27.3. The number of hydrogen-bond donors (Lipinski definition) is 5. The summed E-state index contributed by atoms with van der Waals surface area (Å²) < 4.78 is 0. The van der Waals surface area contributed by atoms with Crippen LogP contribution in [-0.2, 0) is 27.2 Å². The van der Waals surface area contributed by atoms with Gasteiger partial charge in [-0.3, -0.25) is 14.4 Å². The van der Waals surface area contributed by atoms with Crippen LogP contribution in [0.3, 0.4) is 0 Å². The number of carbonyl (C=O) groups is 3. The first-order valence-electron chi connectivity index (χ1n) is 14.0. The second-order valence-corrected chi connectivity index (χ2v) is 12.0. The molecule has 0 bridgehead atoms. The van der Waals surface area contributed by atoms with Gasteiger partial charge in [-0.25, -0.2) is 0 Å². The number of phenolic OH excluding ortho intramolecular Hbond substituents is 1. The quantitative estimate of drug-likeness (QED) is 0.344. The van der Waals surface area contributed by atoms with Crippen LogP contribution < -0.4 is 10.6 Å². The fourth-order valence-corrected chi connectivity index (χ4v) is 7.37. The Labute approximate surface area is 228 Å². The Hall–Kier alpha value is -3.33. The van der Waals surface area contributed by atoms with Gasteiger partial charge in [0.15, 0.2) is 11.4 Å². The average molecular weight is 539 g/mol. The van der Waals surface area contributed by atoms with E-state index in [4.69, 9.17) is 5.73 Å². The van der Waals surface area contributed by atoms with Gasteiger partial charge in [-0.2, -0.15) is 0 Å². The number of aliphatic hydroxyl groups is 3. The molecule has 210 valence electrons. The lowest BCUT2D eigenvalue weighted by Gasteiger charge is -2.46. The minimum absolute atomic E-state index is 0.0824. The van der Waals surface area contributed by atoms with Crippen molar-refractivity contribution < 1.29 is 34.8 Å². The largest absolute Gasteiger partial charge is 0.508 e. The molecule has 9 heteroatoms. The molecule has 3 atom stereocenters. The fourth-order valence-electron chi connectivity index (χ4n) is 7.37. The molecule has 0 saturated heterocycles. The van der Waals surface area contributed by atoms with Gasteiger partial charge in [0.1, 0.15) is 22.8 Å². The maximum atomic E-state index is 13.8. The number of nitrogens with two attached hydrogens (primary N) is 1. The fraction of sp³-hybridized carbons (Fsp3) is 0.567. The zero-order chi connectivity index (χ0) is 28.2. The number of carbonyl (C=O) groups excluding carboxylic acids is 3. The van der Waals surface area contributed by atoms with E-state index < -0.39 is 52.0 Å². The molecule has 1 amide bonds. The van der Waals surface area contributed by atoms with Crippen molar-refractivity contribution in [2.75, 3.05) is 19.0 Å². The Morgan fingerprint density at radius 3 is 2.44 bits per heavy atom. The van der Waals surface area contributed by atoms with Gasteiger partial charge in [0.25, 0.3) is 5.91 Å². The molecule has 1 aromatic carbocycles. The Morgan fingerprint density at radius 2 is 1.79 bits per heavy atom. The Kier molecular flexibility index (Phi) is 6.99. The summed E-state index contributed by atoms with van der Waals surface area (Å²) in [7, 11) is 3.76. The first kappa shape index (κ1) is 27.2. The molecule has 4 aliphatic rings. The average Bonchev–Trinajstić information content (AvgIpc) is 2.87. The maximum absolute atomic E-state index is 13.8. The zero-order valence-electron chi connectivity index (χ0n) is 22.6. The van der Waals surface area contributed by atoms with E-state index in [0.717, 1.165) is 18.5 Å². The molecule has 0 spiro atoms. The Morgan fingerprint density at radius 1 is 1.10 bits per heavy atom. The second-order valence-electron chi connectivity index (χ2n) is 12.0. The number of ketones is 2. The number of benzene rings is 1. The number of phenols is 1. The lowest BCUT2D eigenvalue weighted by atomic mass is 9.59. The molecule has 0 radical (unpaired) electrons. The van der Waals surface area contributed by atoms with E-state index in [1.807, 2.05) is 25.1 Å². The van der Waals surface area contributed by atoms with E-state index >= 15 is 0 Å². The van der Waals surface area contributed by atoms with Crippen LogP contribution in [0.5, 0.6) is 5.75 Å². The summed E-state index contributed by atoms with van der Waals surface area (Å²) in [5, 5.41) is 45.1. The van der Waals surface area contributed by atoms with Crippen LogP contribution in [0.2, 0.25) is 0 Å². The van der Waals surface area contributed by atoms with Crippen molar-refractivity contribution in [3.63, 3.8) is 0 Å². The molecular formula is C30H38N2O7. The molecule has 0 unspecified atom stereocenters.